The number of fused-ring (bicyclic) bond motifs is 2. The summed E-state index contributed by atoms with van der Waals surface area (Å²) in [6, 6.07) is 0. The molecular formula is C42H72O14. The van der Waals surface area contributed by atoms with Crippen LogP contribution in [0.2, 0.25) is 0 Å². The summed E-state index contributed by atoms with van der Waals surface area (Å²) in [5.74, 6) is 0.849. The molecular weight excluding hydrogens is 728 g/mol. The zero-order chi connectivity index (χ0) is 41.1. The number of ether oxygens (including phenoxy) is 4. The third-order valence-corrected chi connectivity index (χ3v) is 17.7. The van der Waals surface area contributed by atoms with E-state index in [0.717, 1.165) is 32.1 Å². The summed E-state index contributed by atoms with van der Waals surface area (Å²) in [6.07, 6.45) is -9.94. The third kappa shape index (κ3) is 6.24. The standard InChI is InChI=1S/C42H72O14/c1-19(2)21(45)9-8-20(3)29-22(46)14-39(6)26-11-10-25-38(4,5)28(12-13-41(25)18-42(26,41)27(47)15-40(29,39)7)55-37-34(52)35(31(49)24(17-44)54-37)56-36-33(51)32(50)30(48)23(16-43)53-36/h19-37,43-52H,8-18H2,1-7H3/t20?,21?,22?,23-,24-,25?,26?,27-,28?,29?,30-,31-,32+,33-,34-,35+,36+,37+,39+,40?,41?,42?/m1/s1. The molecule has 7 fully saturated rings. The molecule has 2 aliphatic heterocycles. The Hall–Kier alpha value is -0.560. The predicted molar refractivity (Wildman–Crippen MR) is 200 cm³/mol. The van der Waals surface area contributed by atoms with E-state index < -0.39 is 98.4 Å². The van der Waals surface area contributed by atoms with Gasteiger partial charge in [-0.25, -0.2) is 0 Å². The quantitative estimate of drug-likeness (QED) is 0.130. The smallest absolute Gasteiger partial charge is 0.187 e. The van der Waals surface area contributed by atoms with Gasteiger partial charge in [-0.05, 0) is 109 Å². The van der Waals surface area contributed by atoms with E-state index >= 15 is 0 Å². The van der Waals surface area contributed by atoms with Gasteiger partial charge in [-0.2, -0.15) is 0 Å². The second kappa shape index (κ2) is 15.1. The molecule has 0 aromatic carbocycles. The first kappa shape index (κ1) is 43.5. The van der Waals surface area contributed by atoms with E-state index in [1.54, 1.807) is 0 Å². The lowest BCUT2D eigenvalue weighted by atomic mass is 9.41. The Labute approximate surface area is 331 Å². The molecule has 5 aliphatic carbocycles. The topological polar surface area (TPSA) is 239 Å². The fourth-order valence-corrected chi connectivity index (χ4v) is 14.5. The molecule has 0 aromatic rings. The molecule has 10 N–H and O–H groups in total. The van der Waals surface area contributed by atoms with Gasteiger partial charge in [-0.15, -0.1) is 0 Å². The molecule has 2 saturated heterocycles. The van der Waals surface area contributed by atoms with Crippen molar-refractivity contribution in [1.82, 2.24) is 0 Å². The van der Waals surface area contributed by atoms with Crippen molar-refractivity contribution in [3.8, 4) is 0 Å². The summed E-state index contributed by atoms with van der Waals surface area (Å²) < 4.78 is 23.9. The Morgan fingerprint density at radius 1 is 0.679 bits per heavy atom. The molecule has 14 heteroatoms. The Balaban J connectivity index is 1.08. The van der Waals surface area contributed by atoms with Crippen LogP contribution in [0.5, 0.6) is 0 Å². The summed E-state index contributed by atoms with van der Waals surface area (Å²) in [5, 5.41) is 108. The molecule has 7 rings (SSSR count). The Morgan fingerprint density at radius 2 is 1.29 bits per heavy atom. The largest absolute Gasteiger partial charge is 0.394 e. The highest BCUT2D eigenvalue weighted by molar-refractivity contribution is 5.33. The minimum Gasteiger partial charge on any atom is -0.394 e. The zero-order valence-electron chi connectivity index (χ0n) is 34.4. The minimum atomic E-state index is -1.77. The van der Waals surface area contributed by atoms with Crippen molar-refractivity contribution in [3.63, 3.8) is 0 Å². The van der Waals surface area contributed by atoms with Crippen LogP contribution in [0.25, 0.3) is 0 Å². The second-order valence-corrected chi connectivity index (χ2v) is 20.8. The summed E-state index contributed by atoms with van der Waals surface area (Å²) in [6.45, 7) is 14.0. The SMILES string of the molecule is CC(C)C(O)CCC(C)C1C(O)C[C@@]2(C)C3CCC4C(C)(C)C(O[C@@H]5O[C@H](CO)[C@@H](O)[C@H](O[C@@H]6O[C@H](CO)[C@@H](O)[C@H](O)[C@H]6O)[C@H]5O)CCC45CC35[C@H](O)CC12C. The van der Waals surface area contributed by atoms with Crippen LogP contribution in [0.4, 0.5) is 0 Å². The molecule has 324 valence electrons. The fraction of sp³-hybridized carbons (Fsp3) is 1.00. The van der Waals surface area contributed by atoms with Gasteiger partial charge in [0.25, 0.3) is 0 Å². The molecule has 0 bridgehead atoms. The van der Waals surface area contributed by atoms with Crippen LogP contribution in [0, 0.1) is 56.7 Å². The van der Waals surface area contributed by atoms with Gasteiger partial charge in [0.05, 0.1) is 37.6 Å². The molecule has 2 heterocycles. The first-order valence-electron chi connectivity index (χ1n) is 21.4. The van der Waals surface area contributed by atoms with Gasteiger partial charge in [0.2, 0.25) is 0 Å². The minimum absolute atomic E-state index is 0.0311. The van der Waals surface area contributed by atoms with E-state index in [4.69, 9.17) is 18.9 Å². The van der Waals surface area contributed by atoms with Crippen molar-refractivity contribution < 1.29 is 70.0 Å². The number of hydrogen-bond acceptors (Lipinski definition) is 14. The van der Waals surface area contributed by atoms with Crippen LogP contribution in [-0.4, -0.2) is 150 Å². The van der Waals surface area contributed by atoms with Gasteiger partial charge in [0.1, 0.15) is 48.8 Å². The van der Waals surface area contributed by atoms with Crippen molar-refractivity contribution in [1.29, 1.82) is 0 Å². The maximum absolute atomic E-state index is 12.5. The Bertz CT molecular complexity index is 1400. The monoisotopic (exact) mass is 800 g/mol. The Morgan fingerprint density at radius 3 is 1.91 bits per heavy atom. The van der Waals surface area contributed by atoms with Gasteiger partial charge >= 0.3 is 0 Å². The molecule has 0 aromatic heterocycles. The molecule has 0 radical (unpaired) electrons. The molecule has 10 unspecified atom stereocenters. The van der Waals surface area contributed by atoms with Crippen LogP contribution in [0.3, 0.4) is 0 Å². The zero-order valence-corrected chi connectivity index (χ0v) is 34.4. The van der Waals surface area contributed by atoms with Crippen LogP contribution in [0.15, 0.2) is 0 Å². The van der Waals surface area contributed by atoms with Crippen molar-refractivity contribution in [2.45, 2.75) is 192 Å². The van der Waals surface area contributed by atoms with Gasteiger partial charge in [-0.3, -0.25) is 0 Å². The molecule has 22 atom stereocenters. The summed E-state index contributed by atoms with van der Waals surface area (Å²) in [4.78, 5) is 0. The van der Waals surface area contributed by atoms with Crippen LogP contribution >= 0.6 is 0 Å². The van der Waals surface area contributed by atoms with Gasteiger partial charge in [0, 0.05) is 5.41 Å². The highest BCUT2D eigenvalue weighted by atomic mass is 16.7. The van der Waals surface area contributed by atoms with Gasteiger partial charge in [0.15, 0.2) is 12.6 Å². The Kier molecular flexibility index (Phi) is 11.7. The molecule has 5 saturated carbocycles. The number of hydrogen-bond donors (Lipinski definition) is 10. The molecule has 7 aliphatic rings. The molecule has 56 heavy (non-hydrogen) atoms. The van der Waals surface area contributed by atoms with Crippen LogP contribution in [0.1, 0.15) is 106 Å². The maximum Gasteiger partial charge on any atom is 0.187 e. The summed E-state index contributed by atoms with van der Waals surface area (Å²) in [7, 11) is 0. The lowest BCUT2D eigenvalue weighted by Crippen LogP contribution is -2.65. The second-order valence-electron chi connectivity index (χ2n) is 20.8. The van der Waals surface area contributed by atoms with E-state index in [2.05, 4.69) is 34.6 Å². The van der Waals surface area contributed by atoms with Crippen molar-refractivity contribution >= 4 is 0 Å². The van der Waals surface area contributed by atoms with E-state index in [0.29, 0.717) is 25.7 Å². The average Bonchev–Trinajstić information content (AvgIpc) is 3.78. The number of aliphatic hydroxyl groups is 10. The summed E-state index contributed by atoms with van der Waals surface area (Å²) >= 11 is 0. The lowest BCUT2D eigenvalue weighted by molar-refractivity contribution is -0.368. The van der Waals surface area contributed by atoms with Crippen molar-refractivity contribution in [2.75, 3.05) is 13.2 Å². The third-order valence-electron chi connectivity index (χ3n) is 17.7. The van der Waals surface area contributed by atoms with E-state index in [1.165, 1.54) is 0 Å². The van der Waals surface area contributed by atoms with E-state index in [9.17, 15) is 51.1 Å². The highest BCUT2D eigenvalue weighted by Gasteiger charge is 2.85. The molecule has 2 spiro atoms. The van der Waals surface area contributed by atoms with Gasteiger partial charge < -0.3 is 70.0 Å². The van der Waals surface area contributed by atoms with Gasteiger partial charge in [-0.1, -0.05) is 48.5 Å². The lowest BCUT2D eigenvalue weighted by Gasteiger charge is -2.64. The molecule has 0 amide bonds. The number of aliphatic hydroxyl groups excluding tert-OH is 10. The molecule has 14 nitrogen and oxygen atoms in total. The fourth-order valence-electron chi connectivity index (χ4n) is 14.5. The van der Waals surface area contributed by atoms with Crippen LogP contribution in [-0.2, 0) is 18.9 Å². The first-order chi connectivity index (χ1) is 26.2. The van der Waals surface area contributed by atoms with Crippen LogP contribution < -0.4 is 0 Å². The van der Waals surface area contributed by atoms with E-state index in [1.807, 2.05) is 13.8 Å². The average molecular weight is 801 g/mol. The maximum atomic E-state index is 12.5. The first-order valence-corrected chi connectivity index (χ1v) is 21.4. The highest BCUT2D eigenvalue weighted by Crippen LogP contribution is 2.89. The van der Waals surface area contributed by atoms with Crippen molar-refractivity contribution in [3.05, 3.63) is 0 Å². The normalized spacial score (nSPS) is 54.8. The van der Waals surface area contributed by atoms with Crippen molar-refractivity contribution in [2.24, 2.45) is 56.7 Å². The predicted octanol–water partition coefficient (Wildman–Crippen LogP) is 0.810. The number of rotatable bonds is 11. The van der Waals surface area contributed by atoms with E-state index in [-0.39, 0.29) is 57.4 Å². The summed E-state index contributed by atoms with van der Waals surface area (Å²) in [5.41, 5.74) is -1.23.